The van der Waals surface area contributed by atoms with Crippen LogP contribution in [-0.4, -0.2) is 17.3 Å². The lowest BCUT2D eigenvalue weighted by Crippen LogP contribution is -2.12. The fourth-order valence-corrected chi connectivity index (χ4v) is 1.61. The maximum Gasteiger partial charge on any atom is 0.417 e. The number of ether oxygens (including phenoxy) is 1. The van der Waals surface area contributed by atoms with Crippen LogP contribution in [0.3, 0.4) is 0 Å². The van der Waals surface area contributed by atoms with E-state index in [4.69, 9.17) is 4.74 Å². The number of rotatable bonds is 4. The Morgan fingerprint density at radius 3 is 2.47 bits per heavy atom. The second-order valence-electron chi connectivity index (χ2n) is 3.79. The first kappa shape index (κ1) is 11.5. The van der Waals surface area contributed by atoms with Crippen LogP contribution >= 0.6 is 0 Å². The molecule has 1 aromatic heterocycles. The Labute approximate surface area is 101 Å². The molecule has 0 aliphatic heterocycles. The zero-order valence-electron chi connectivity index (χ0n) is 9.58. The van der Waals surface area contributed by atoms with E-state index in [0.717, 1.165) is 12.8 Å². The Balaban J connectivity index is 1.69. The van der Waals surface area contributed by atoms with Gasteiger partial charge in [-0.2, -0.15) is 0 Å². The lowest BCUT2D eigenvalue weighted by atomic mass is 10.1. The first-order valence-corrected chi connectivity index (χ1v) is 5.70. The summed E-state index contributed by atoms with van der Waals surface area (Å²) in [6.45, 7) is 0.450. The van der Waals surface area contributed by atoms with E-state index in [9.17, 15) is 4.79 Å². The number of hydrogen-bond donors (Lipinski definition) is 0. The summed E-state index contributed by atoms with van der Waals surface area (Å²) < 4.78 is 6.57. The van der Waals surface area contributed by atoms with Gasteiger partial charge in [-0.3, -0.25) is 4.57 Å². The van der Waals surface area contributed by atoms with Crippen LogP contribution in [0.5, 0.6) is 0 Å². The smallest absolute Gasteiger partial charge is 0.417 e. The normalized spacial score (nSPS) is 10.1. The maximum absolute atomic E-state index is 11.5. The van der Waals surface area contributed by atoms with E-state index in [1.807, 2.05) is 18.2 Å². The molecule has 0 fully saturated rings. The van der Waals surface area contributed by atoms with Gasteiger partial charge in [0.05, 0.1) is 6.61 Å². The van der Waals surface area contributed by atoms with Crippen molar-refractivity contribution in [3.8, 4) is 0 Å². The van der Waals surface area contributed by atoms with Gasteiger partial charge in [0.25, 0.3) is 0 Å². The number of aromatic nitrogens is 1. The number of nitrogens with zero attached hydrogens (tertiary/aromatic N) is 1. The highest BCUT2D eigenvalue weighted by molar-refractivity contribution is 5.70. The fraction of sp³-hybridized carbons (Fsp3) is 0.214. The molecule has 0 aliphatic rings. The second-order valence-corrected chi connectivity index (χ2v) is 3.79. The Bertz CT molecular complexity index is 448. The first-order valence-electron chi connectivity index (χ1n) is 5.70. The molecule has 0 spiro atoms. The van der Waals surface area contributed by atoms with Gasteiger partial charge in [-0.25, -0.2) is 4.79 Å². The highest BCUT2D eigenvalue weighted by Gasteiger charge is 2.02. The molecule has 3 heteroatoms. The van der Waals surface area contributed by atoms with Gasteiger partial charge in [0.1, 0.15) is 0 Å². The highest BCUT2D eigenvalue weighted by atomic mass is 16.5. The highest BCUT2D eigenvalue weighted by Crippen LogP contribution is 2.03. The lowest BCUT2D eigenvalue weighted by molar-refractivity contribution is 0.146. The molecule has 0 amide bonds. The topological polar surface area (TPSA) is 31.2 Å². The average Bonchev–Trinajstić information content (AvgIpc) is 2.89. The predicted molar refractivity (Wildman–Crippen MR) is 65.9 cm³/mol. The van der Waals surface area contributed by atoms with Crippen molar-refractivity contribution in [2.45, 2.75) is 12.8 Å². The Morgan fingerprint density at radius 2 is 1.76 bits per heavy atom. The van der Waals surface area contributed by atoms with Crippen LogP contribution < -0.4 is 0 Å². The molecule has 0 radical (unpaired) electrons. The molecule has 0 saturated carbocycles. The molecule has 3 nitrogen and oxygen atoms in total. The molecule has 88 valence electrons. The van der Waals surface area contributed by atoms with E-state index in [1.165, 1.54) is 10.1 Å². The summed E-state index contributed by atoms with van der Waals surface area (Å²) >= 11 is 0. The zero-order chi connectivity index (χ0) is 11.9. The molecule has 1 aromatic carbocycles. The van der Waals surface area contributed by atoms with E-state index in [2.05, 4.69) is 12.1 Å². The quantitative estimate of drug-likeness (QED) is 0.754. The second kappa shape index (κ2) is 5.89. The third kappa shape index (κ3) is 3.48. The van der Waals surface area contributed by atoms with E-state index in [1.54, 1.807) is 24.5 Å². The SMILES string of the molecule is O=C(OCCCc1ccccc1)n1cccc1. The molecule has 2 rings (SSSR count). The largest absolute Gasteiger partial charge is 0.449 e. The minimum atomic E-state index is -0.317. The van der Waals surface area contributed by atoms with Crippen LogP contribution in [0.1, 0.15) is 12.0 Å². The van der Waals surface area contributed by atoms with Crippen LogP contribution in [0.2, 0.25) is 0 Å². The molecular formula is C14H15NO2. The van der Waals surface area contributed by atoms with Crippen LogP contribution in [0.4, 0.5) is 4.79 Å². The Morgan fingerprint density at radius 1 is 1.06 bits per heavy atom. The summed E-state index contributed by atoms with van der Waals surface area (Å²) in [4.78, 5) is 11.5. The van der Waals surface area contributed by atoms with Crippen molar-refractivity contribution in [2.75, 3.05) is 6.61 Å². The number of carbonyl (C=O) groups excluding carboxylic acids is 1. The van der Waals surface area contributed by atoms with Gasteiger partial charge in [-0.1, -0.05) is 30.3 Å². The van der Waals surface area contributed by atoms with E-state index in [0.29, 0.717) is 6.61 Å². The Hall–Kier alpha value is -2.03. The van der Waals surface area contributed by atoms with Crippen molar-refractivity contribution in [3.63, 3.8) is 0 Å². The first-order chi connectivity index (χ1) is 8.36. The third-order valence-electron chi connectivity index (χ3n) is 2.49. The predicted octanol–water partition coefficient (Wildman–Crippen LogP) is 3.11. The van der Waals surface area contributed by atoms with Crippen molar-refractivity contribution < 1.29 is 9.53 Å². The summed E-state index contributed by atoms with van der Waals surface area (Å²) in [5, 5.41) is 0. The van der Waals surface area contributed by atoms with Gasteiger partial charge in [0.15, 0.2) is 0 Å². The van der Waals surface area contributed by atoms with Crippen LogP contribution in [0.15, 0.2) is 54.9 Å². The minimum Gasteiger partial charge on any atom is -0.449 e. The number of aryl methyl sites for hydroxylation is 1. The molecule has 1 heterocycles. The van der Waals surface area contributed by atoms with Crippen molar-refractivity contribution in [2.24, 2.45) is 0 Å². The summed E-state index contributed by atoms with van der Waals surface area (Å²) in [5.41, 5.74) is 1.27. The molecule has 0 aliphatic carbocycles. The molecular weight excluding hydrogens is 214 g/mol. The fourth-order valence-electron chi connectivity index (χ4n) is 1.61. The molecule has 0 bridgehead atoms. The average molecular weight is 229 g/mol. The van der Waals surface area contributed by atoms with E-state index >= 15 is 0 Å². The third-order valence-corrected chi connectivity index (χ3v) is 2.49. The lowest BCUT2D eigenvalue weighted by Gasteiger charge is -2.05. The monoisotopic (exact) mass is 229 g/mol. The van der Waals surface area contributed by atoms with Gasteiger partial charge < -0.3 is 4.74 Å². The van der Waals surface area contributed by atoms with E-state index in [-0.39, 0.29) is 6.09 Å². The molecule has 0 atom stereocenters. The van der Waals surface area contributed by atoms with Crippen LogP contribution in [0.25, 0.3) is 0 Å². The van der Waals surface area contributed by atoms with Gasteiger partial charge in [0.2, 0.25) is 0 Å². The number of benzene rings is 1. The minimum absolute atomic E-state index is 0.317. The standard InChI is InChI=1S/C14H15NO2/c16-14(15-10-4-5-11-15)17-12-6-9-13-7-2-1-3-8-13/h1-5,7-8,10-11H,6,9,12H2. The molecule has 2 aromatic rings. The van der Waals surface area contributed by atoms with Gasteiger partial charge >= 0.3 is 6.09 Å². The summed E-state index contributed by atoms with van der Waals surface area (Å²) in [6.07, 6.45) is 4.82. The van der Waals surface area contributed by atoms with Crippen LogP contribution in [0, 0.1) is 0 Å². The van der Waals surface area contributed by atoms with Gasteiger partial charge in [-0.05, 0) is 30.5 Å². The summed E-state index contributed by atoms with van der Waals surface area (Å²) in [5.74, 6) is 0. The van der Waals surface area contributed by atoms with Crippen LogP contribution in [-0.2, 0) is 11.2 Å². The number of carbonyl (C=O) groups is 1. The zero-order valence-corrected chi connectivity index (χ0v) is 9.58. The maximum atomic E-state index is 11.5. The van der Waals surface area contributed by atoms with E-state index < -0.39 is 0 Å². The molecule has 0 unspecified atom stereocenters. The number of hydrogen-bond acceptors (Lipinski definition) is 2. The summed E-state index contributed by atoms with van der Waals surface area (Å²) in [7, 11) is 0. The molecule has 0 N–H and O–H groups in total. The van der Waals surface area contributed by atoms with Crippen molar-refractivity contribution in [1.82, 2.24) is 4.57 Å². The van der Waals surface area contributed by atoms with Crippen molar-refractivity contribution in [3.05, 3.63) is 60.4 Å². The molecule has 0 saturated heterocycles. The molecule has 17 heavy (non-hydrogen) atoms. The Kier molecular flexibility index (Phi) is 3.97. The van der Waals surface area contributed by atoms with Gasteiger partial charge in [0, 0.05) is 12.4 Å². The van der Waals surface area contributed by atoms with Crippen molar-refractivity contribution >= 4 is 6.09 Å². The van der Waals surface area contributed by atoms with Crippen molar-refractivity contribution in [1.29, 1.82) is 0 Å². The van der Waals surface area contributed by atoms with Gasteiger partial charge in [-0.15, -0.1) is 0 Å². The summed E-state index contributed by atoms with van der Waals surface area (Å²) in [6, 6.07) is 13.8.